The summed E-state index contributed by atoms with van der Waals surface area (Å²) in [5.41, 5.74) is 1.99. The molecule has 1 fully saturated rings. The highest BCUT2D eigenvalue weighted by molar-refractivity contribution is 14.1. The van der Waals surface area contributed by atoms with Gasteiger partial charge in [-0.05, 0) is 77.2 Å². The molecule has 27 heavy (non-hydrogen) atoms. The van der Waals surface area contributed by atoms with Gasteiger partial charge in [-0.15, -0.1) is 0 Å². The molecule has 0 unspecified atom stereocenters. The molecule has 0 atom stereocenters. The third kappa shape index (κ3) is 4.84. The smallest absolute Gasteiger partial charge is 0.293 e. The van der Waals surface area contributed by atoms with E-state index < -0.39 is 0 Å². The van der Waals surface area contributed by atoms with Gasteiger partial charge < -0.3 is 9.47 Å². The molecule has 0 aromatic heterocycles. The zero-order valence-corrected chi connectivity index (χ0v) is 17.9. The van der Waals surface area contributed by atoms with E-state index in [1.807, 2.05) is 49.4 Å². The SMILES string of the molecule is COc1ccc(/C=C2\SC(=O)N(CCOc3ccc(C)cc3)C2=O)cc1I. The predicted molar refractivity (Wildman–Crippen MR) is 115 cm³/mol. The Hall–Kier alpha value is -2.00. The number of aryl methyl sites for hydroxylation is 1. The second-order valence-corrected chi connectivity index (χ2v) is 8.04. The molecular weight excluding hydrogens is 477 g/mol. The van der Waals surface area contributed by atoms with Gasteiger partial charge in [0.15, 0.2) is 0 Å². The summed E-state index contributed by atoms with van der Waals surface area (Å²) < 4.78 is 11.8. The van der Waals surface area contributed by atoms with Crippen molar-refractivity contribution in [3.05, 3.63) is 62.1 Å². The molecule has 1 saturated heterocycles. The number of nitrogens with zero attached hydrogens (tertiary/aromatic N) is 1. The average molecular weight is 495 g/mol. The summed E-state index contributed by atoms with van der Waals surface area (Å²) in [4.78, 5) is 26.4. The number of benzene rings is 2. The number of thioether (sulfide) groups is 1. The molecule has 3 rings (SSSR count). The van der Waals surface area contributed by atoms with Crippen LogP contribution in [0.15, 0.2) is 47.4 Å². The third-order valence-electron chi connectivity index (χ3n) is 3.95. The van der Waals surface area contributed by atoms with Crippen LogP contribution in [0.3, 0.4) is 0 Å². The first-order valence-corrected chi connectivity index (χ1v) is 10.2. The zero-order chi connectivity index (χ0) is 19.4. The fraction of sp³-hybridized carbons (Fsp3) is 0.200. The second-order valence-electron chi connectivity index (χ2n) is 5.89. The fourth-order valence-electron chi connectivity index (χ4n) is 2.51. The van der Waals surface area contributed by atoms with Crippen molar-refractivity contribution in [1.29, 1.82) is 0 Å². The van der Waals surface area contributed by atoms with Gasteiger partial charge in [-0.25, -0.2) is 0 Å². The molecule has 0 bridgehead atoms. The number of halogens is 1. The number of hydrogen-bond donors (Lipinski definition) is 0. The number of amides is 2. The summed E-state index contributed by atoms with van der Waals surface area (Å²) in [6.07, 6.45) is 1.73. The molecule has 0 saturated carbocycles. The van der Waals surface area contributed by atoms with E-state index >= 15 is 0 Å². The molecule has 0 radical (unpaired) electrons. The second kappa shape index (κ2) is 8.79. The summed E-state index contributed by atoms with van der Waals surface area (Å²) >= 11 is 3.12. The molecule has 2 aromatic carbocycles. The minimum absolute atomic E-state index is 0.218. The largest absolute Gasteiger partial charge is 0.496 e. The minimum Gasteiger partial charge on any atom is -0.496 e. The Labute approximate surface area is 175 Å². The lowest BCUT2D eigenvalue weighted by Gasteiger charge is -2.13. The Bertz CT molecular complexity index is 895. The van der Waals surface area contributed by atoms with Crippen LogP contribution in [0.4, 0.5) is 4.79 Å². The normalized spacial score (nSPS) is 15.5. The van der Waals surface area contributed by atoms with Crippen molar-refractivity contribution in [3.8, 4) is 11.5 Å². The van der Waals surface area contributed by atoms with E-state index in [0.29, 0.717) is 4.91 Å². The molecule has 2 aromatic rings. The number of imide groups is 1. The topological polar surface area (TPSA) is 55.8 Å². The van der Waals surface area contributed by atoms with Gasteiger partial charge in [0.2, 0.25) is 0 Å². The van der Waals surface area contributed by atoms with E-state index in [4.69, 9.17) is 9.47 Å². The Balaban J connectivity index is 1.64. The maximum absolute atomic E-state index is 12.5. The fourth-order valence-corrected chi connectivity index (χ4v) is 4.13. The molecule has 0 spiro atoms. The summed E-state index contributed by atoms with van der Waals surface area (Å²) in [7, 11) is 1.61. The monoisotopic (exact) mass is 495 g/mol. The average Bonchev–Trinajstić information content (AvgIpc) is 2.91. The Morgan fingerprint density at radius 2 is 1.89 bits per heavy atom. The Morgan fingerprint density at radius 3 is 2.56 bits per heavy atom. The highest BCUT2D eigenvalue weighted by atomic mass is 127. The number of carbonyl (C=O) groups excluding carboxylic acids is 2. The molecule has 7 heteroatoms. The molecule has 1 heterocycles. The third-order valence-corrected chi connectivity index (χ3v) is 5.70. The van der Waals surface area contributed by atoms with E-state index in [-0.39, 0.29) is 24.3 Å². The van der Waals surface area contributed by atoms with Crippen LogP contribution in [0.5, 0.6) is 11.5 Å². The van der Waals surface area contributed by atoms with Crippen molar-refractivity contribution in [2.45, 2.75) is 6.92 Å². The molecule has 1 aliphatic rings. The van der Waals surface area contributed by atoms with Crippen molar-refractivity contribution in [2.75, 3.05) is 20.3 Å². The highest BCUT2D eigenvalue weighted by Gasteiger charge is 2.34. The van der Waals surface area contributed by atoms with Crippen molar-refractivity contribution >= 4 is 51.6 Å². The first kappa shape index (κ1) is 19.8. The summed E-state index contributed by atoms with van der Waals surface area (Å²) in [5.74, 6) is 1.20. The van der Waals surface area contributed by atoms with Crippen LogP contribution in [0, 0.1) is 10.5 Å². The van der Waals surface area contributed by atoms with E-state index in [2.05, 4.69) is 22.6 Å². The minimum atomic E-state index is -0.289. The predicted octanol–water partition coefficient (Wildman–Crippen LogP) is 4.72. The first-order chi connectivity index (χ1) is 13.0. The Kier molecular flexibility index (Phi) is 6.43. The number of rotatable bonds is 6. The maximum atomic E-state index is 12.5. The van der Waals surface area contributed by atoms with Crippen LogP contribution < -0.4 is 9.47 Å². The van der Waals surface area contributed by atoms with Crippen LogP contribution in [-0.4, -0.2) is 36.3 Å². The molecule has 140 valence electrons. The van der Waals surface area contributed by atoms with Crippen LogP contribution in [0.2, 0.25) is 0 Å². The number of carbonyl (C=O) groups is 2. The molecule has 0 N–H and O–H groups in total. The van der Waals surface area contributed by atoms with Gasteiger partial charge >= 0.3 is 0 Å². The van der Waals surface area contributed by atoms with Crippen molar-refractivity contribution in [2.24, 2.45) is 0 Å². The van der Waals surface area contributed by atoms with E-state index in [1.165, 1.54) is 4.90 Å². The molecule has 1 aliphatic heterocycles. The van der Waals surface area contributed by atoms with E-state index in [0.717, 1.165) is 38.0 Å². The van der Waals surface area contributed by atoms with E-state index in [1.54, 1.807) is 13.2 Å². The van der Waals surface area contributed by atoms with E-state index in [9.17, 15) is 9.59 Å². The molecule has 2 amide bonds. The number of ether oxygens (including phenoxy) is 2. The van der Waals surface area contributed by atoms with Gasteiger partial charge in [0, 0.05) is 0 Å². The van der Waals surface area contributed by atoms with Crippen molar-refractivity contribution in [1.82, 2.24) is 4.90 Å². The Morgan fingerprint density at radius 1 is 1.15 bits per heavy atom. The van der Waals surface area contributed by atoms with Crippen molar-refractivity contribution in [3.63, 3.8) is 0 Å². The number of methoxy groups -OCH3 is 1. The lowest BCUT2D eigenvalue weighted by Crippen LogP contribution is -2.32. The van der Waals surface area contributed by atoms with Gasteiger partial charge in [0.25, 0.3) is 11.1 Å². The quantitative estimate of drug-likeness (QED) is 0.429. The standard InChI is InChI=1S/C20H18INO4S/c1-13-3-6-15(7-4-13)26-10-9-22-19(23)18(27-20(22)24)12-14-5-8-17(25-2)16(21)11-14/h3-8,11-12H,9-10H2,1-2H3/b18-12-. The van der Waals surface area contributed by atoms with Crippen LogP contribution in [0.1, 0.15) is 11.1 Å². The van der Waals surface area contributed by atoms with Crippen molar-refractivity contribution < 1.29 is 19.1 Å². The van der Waals surface area contributed by atoms with Crippen LogP contribution in [0.25, 0.3) is 6.08 Å². The lowest BCUT2D eigenvalue weighted by molar-refractivity contribution is -0.123. The van der Waals surface area contributed by atoms with Gasteiger partial charge in [-0.3, -0.25) is 14.5 Å². The highest BCUT2D eigenvalue weighted by Crippen LogP contribution is 2.33. The van der Waals surface area contributed by atoms with Gasteiger partial charge in [0.1, 0.15) is 18.1 Å². The first-order valence-electron chi connectivity index (χ1n) is 8.26. The summed E-state index contributed by atoms with van der Waals surface area (Å²) in [6.45, 7) is 2.48. The number of hydrogen-bond acceptors (Lipinski definition) is 5. The van der Waals surface area contributed by atoms with Gasteiger partial charge in [-0.1, -0.05) is 23.8 Å². The van der Waals surface area contributed by atoms with Gasteiger partial charge in [-0.2, -0.15) is 0 Å². The molecular formula is C20H18INO4S. The molecule has 0 aliphatic carbocycles. The summed E-state index contributed by atoms with van der Waals surface area (Å²) in [5, 5.41) is -0.276. The van der Waals surface area contributed by atoms with Gasteiger partial charge in [0.05, 0.1) is 22.1 Å². The lowest BCUT2D eigenvalue weighted by atomic mass is 10.2. The molecule has 5 nitrogen and oxygen atoms in total. The maximum Gasteiger partial charge on any atom is 0.293 e. The summed E-state index contributed by atoms with van der Waals surface area (Å²) in [6, 6.07) is 13.3. The van der Waals surface area contributed by atoms with Crippen LogP contribution >= 0.6 is 34.4 Å². The zero-order valence-electron chi connectivity index (χ0n) is 14.9. The van der Waals surface area contributed by atoms with Crippen LogP contribution in [-0.2, 0) is 4.79 Å².